The maximum absolute atomic E-state index is 5.97. The molecule has 0 aliphatic heterocycles. The Bertz CT molecular complexity index is 332. The van der Waals surface area contributed by atoms with Crippen LogP contribution in [-0.4, -0.2) is 12.4 Å². The van der Waals surface area contributed by atoms with E-state index in [1.165, 1.54) is 0 Å². The minimum Gasteiger partial charge on any atom is -0.383 e. The number of aliphatic imine (C=N–C) groups is 1. The lowest BCUT2D eigenvalue weighted by atomic mass is 10.2. The van der Waals surface area contributed by atoms with Crippen molar-refractivity contribution in [2.45, 2.75) is 13.8 Å². The molecule has 76 valence electrons. The zero-order chi connectivity index (χ0) is 10.6. The van der Waals surface area contributed by atoms with Crippen molar-refractivity contribution >= 4 is 17.4 Å². The lowest BCUT2D eigenvalue weighted by Gasteiger charge is -2.04. The fourth-order valence-corrected chi connectivity index (χ4v) is 1.27. The van der Waals surface area contributed by atoms with Crippen molar-refractivity contribution in [3.63, 3.8) is 0 Å². The molecule has 2 nitrogen and oxygen atoms in total. The molecule has 0 unspecified atom stereocenters. The summed E-state index contributed by atoms with van der Waals surface area (Å²) in [6, 6.07) is 7.47. The van der Waals surface area contributed by atoms with E-state index in [4.69, 9.17) is 17.3 Å². The van der Waals surface area contributed by atoms with Crippen LogP contribution in [0.4, 0.5) is 0 Å². The van der Waals surface area contributed by atoms with Gasteiger partial charge in [-0.05, 0) is 18.1 Å². The number of halogens is 1. The molecule has 0 radical (unpaired) electrons. The van der Waals surface area contributed by atoms with Gasteiger partial charge in [-0.15, -0.1) is 0 Å². The summed E-state index contributed by atoms with van der Waals surface area (Å²) < 4.78 is 0. The van der Waals surface area contributed by atoms with Gasteiger partial charge in [0.25, 0.3) is 0 Å². The third-order valence-corrected chi connectivity index (χ3v) is 2.11. The van der Waals surface area contributed by atoms with Crippen molar-refractivity contribution in [2.24, 2.45) is 16.6 Å². The molecule has 2 N–H and O–H groups in total. The third kappa shape index (κ3) is 3.04. The molecule has 0 spiro atoms. The van der Waals surface area contributed by atoms with Crippen LogP contribution in [0.25, 0.3) is 0 Å². The van der Waals surface area contributed by atoms with Crippen LogP contribution in [0.1, 0.15) is 19.4 Å². The van der Waals surface area contributed by atoms with Gasteiger partial charge in [0.2, 0.25) is 0 Å². The molecule has 0 aliphatic rings. The van der Waals surface area contributed by atoms with Crippen LogP contribution in [0, 0.1) is 5.92 Å². The number of nitrogens with two attached hydrogens (primary N) is 1. The highest BCUT2D eigenvalue weighted by Crippen LogP contribution is 2.14. The average molecular weight is 211 g/mol. The minimum absolute atomic E-state index is 0.510. The summed E-state index contributed by atoms with van der Waals surface area (Å²) in [5, 5.41) is 0.650. The van der Waals surface area contributed by atoms with Crippen LogP contribution in [0.15, 0.2) is 29.3 Å². The van der Waals surface area contributed by atoms with Crippen molar-refractivity contribution in [1.29, 1.82) is 0 Å². The summed E-state index contributed by atoms with van der Waals surface area (Å²) in [5.41, 5.74) is 6.62. The van der Waals surface area contributed by atoms with Crippen molar-refractivity contribution in [1.82, 2.24) is 0 Å². The first kappa shape index (κ1) is 11.1. The van der Waals surface area contributed by atoms with E-state index >= 15 is 0 Å². The molecule has 0 heterocycles. The predicted molar refractivity (Wildman–Crippen MR) is 61.9 cm³/mol. The first-order chi connectivity index (χ1) is 6.61. The molecule has 0 bridgehead atoms. The molecular formula is C11H15ClN2. The van der Waals surface area contributed by atoms with E-state index in [0.717, 1.165) is 12.1 Å². The van der Waals surface area contributed by atoms with Gasteiger partial charge >= 0.3 is 0 Å². The van der Waals surface area contributed by atoms with Crippen LogP contribution in [0.3, 0.4) is 0 Å². The van der Waals surface area contributed by atoms with E-state index in [9.17, 15) is 0 Å². The first-order valence-electron chi connectivity index (χ1n) is 4.66. The topological polar surface area (TPSA) is 38.4 Å². The van der Waals surface area contributed by atoms with Gasteiger partial charge in [-0.1, -0.05) is 37.6 Å². The Balaban J connectivity index is 2.84. The minimum atomic E-state index is 0.510. The summed E-state index contributed by atoms with van der Waals surface area (Å²) in [6.07, 6.45) is 0. The highest BCUT2D eigenvalue weighted by Gasteiger charge is 2.02. The van der Waals surface area contributed by atoms with Gasteiger partial charge in [0.05, 0.1) is 5.02 Å². The summed E-state index contributed by atoms with van der Waals surface area (Å²) >= 11 is 5.97. The third-order valence-electron chi connectivity index (χ3n) is 1.78. The molecule has 1 rings (SSSR count). The molecular weight excluding hydrogens is 196 g/mol. The van der Waals surface area contributed by atoms with Gasteiger partial charge in [0, 0.05) is 12.1 Å². The van der Waals surface area contributed by atoms with Crippen molar-refractivity contribution in [2.75, 3.05) is 6.54 Å². The average Bonchev–Trinajstić information content (AvgIpc) is 2.15. The van der Waals surface area contributed by atoms with Crippen LogP contribution in [0.5, 0.6) is 0 Å². The molecule has 0 aromatic heterocycles. The first-order valence-corrected chi connectivity index (χ1v) is 5.04. The standard InChI is InChI=1S/C11H15ClN2/c1-8(2)7-14-11(13)9-5-3-4-6-10(9)12/h3-6,8H,7H2,1-2H3,(H2,13,14). The Morgan fingerprint density at radius 2 is 2.07 bits per heavy atom. The number of rotatable bonds is 3. The highest BCUT2D eigenvalue weighted by atomic mass is 35.5. The van der Waals surface area contributed by atoms with Gasteiger partial charge in [-0.2, -0.15) is 0 Å². The number of benzene rings is 1. The summed E-state index contributed by atoms with van der Waals surface area (Å²) in [5.74, 6) is 1.03. The number of nitrogens with zero attached hydrogens (tertiary/aromatic N) is 1. The second-order valence-corrected chi connectivity index (χ2v) is 4.01. The SMILES string of the molecule is CC(C)CN=C(N)c1ccccc1Cl. The Hall–Kier alpha value is -1.02. The fourth-order valence-electron chi connectivity index (χ4n) is 1.04. The van der Waals surface area contributed by atoms with Crippen LogP contribution >= 0.6 is 11.6 Å². The van der Waals surface area contributed by atoms with E-state index in [1.807, 2.05) is 24.3 Å². The van der Waals surface area contributed by atoms with Crippen LogP contribution in [0.2, 0.25) is 5.02 Å². The molecule has 1 aromatic carbocycles. The Morgan fingerprint density at radius 3 is 2.64 bits per heavy atom. The van der Waals surface area contributed by atoms with E-state index in [2.05, 4.69) is 18.8 Å². The lowest BCUT2D eigenvalue weighted by Crippen LogP contribution is -2.15. The number of amidine groups is 1. The van der Waals surface area contributed by atoms with Gasteiger partial charge in [-0.25, -0.2) is 0 Å². The van der Waals surface area contributed by atoms with Crippen molar-refractivity contribution < 1.29 is 0 Å². The molecule has 0 amide bonds. The van der Waals surface area contributed by atoms with Crippen LogP contribution < -0.4 is 5.73 Å². The van der Waals surface area contributed by atoms with Crippen molar-refractivity contribution in [3.8, 4) is 0 Å². The zero-order valence-corrected chi connectivity index (χ0v) is 9.25. The second-order valence-electron chi connectivity index (χ2n) is 3.60. The predicted octanol–water partition coefficient (Wildman–Crippen LogP) is 2.70. The Morgan fingerprint density at radius 1 is 1.43 bits per heavy atom. The summed E-state index contributed by atoms with van der Waals surface area (Å²) in [6.45, 7) is 4.93. The summed E-state index contributed by atoms with van der Waals surface area (Å²) in [7, 11) is 0. The Kier molecular flexibility index (Phi) is 3.96. The van der Waals surface area contributed by atoms with E-state index in [-0.39, 0.29) is 0 Å². The zero-order valence-electron chi connectivity index (χ0n) is 8.50. The largest absolute Gasteiger partial charge is 0.383 e. The molecule has 14 heavy (non-hydrogen) atoms. The second kappa shape index (κ2) is 5.01. The van der Waals surface area contributed by atoms with Crippen molar-refractivity contribution in [3.05, 3.63) is 34.9 Å². The maximum atomic E-state index is 5.97. The molecule has 0 saturated heterocycles. The molecule has 3 heteroatoms. The molecule has 0 aliphatic carbocycles. The number of hydrogen-bond acceptors (Lipinski definition) is 1. The number of hydrogen-bond donors (Lipinski definition) is 1. The quantitative estimate of drug-likeness (QED) is 0.605. The summed E-state index contributed by atoms with van der Waals surface area (Å²) in [4.78, 5) is 4.26. The molecule has 0 saturated carbocycles. The van der Waals surface area contributed by atoms with Gasteiger partial charge in [-0.3, -0.25) is 4.99 Å². The van der Waals surface area contributed by atoms with E-state index < -0.39 is 0 Å². The normalized spacial score (nSPS) is 12.1. The Labute approximate surface area is 89.8 Å². The van der Waals surface area contributed by atoms with Gasteiger partial charge in [0.1, 0.15) is 5.84 Å². The lowest BCUT2D eigenvalue weighted by molar-refractivity contribution is 0.665. The van der Waals surface area contributed by atoms with E-state index in [1.54, 1.807) is 0 Å². The molecule has 1 aromatic rings. The monoisotopic (exact) mass is 210 g/mol. The molecule has 0 atom stereocenters. The smallest absolute Gasteiger partial charge is 0.127 e. The van der Waals surface area contributed by atoms with E-state index in [0.29, 0.717) is 16.8 Å². The molecule has 0 fully saturated rings. The van der Waals surface area contributed by atoms with Gasteiger partial charge in [0.15, 0.2) is 0 Å². The highest BCUT2D eigenvalue weighted by molar-refractivity contribution is 6.34. The maximum Gasteiger partial charge on any atom is 0.127 e. The fraction of sp³-hybridized carbons (Fsp3) is 0.364. The van der Waals surface area contributed by atoms with Crippen LogP contribution in [-0.2, 0) is 0 Å². The van der Waals surface area contributed by atoms with Gasteiger partial charge < -0.3 is 5.73 Å².